The summed E-state index contributed by atoms with van der Waals surface area (Å²) >= 11 is 6.50. The Hall–Kier alpha value is -2.32. The molecule has 0 bridgehead atoms. The first-order chi connectivity index (χ1) is 14.8. The lowest BCUT2D eigenvalue weighted by atomic mass is 9.81. The van der Waals surface area contributed by atoms with Crippen LogP contribution in [0.1, 0.15) is 30.5 Å². The first kappa shape index (κ1) is 24.3. The summed E-state index contributed by atoms with van der Waals surface area (Å²) in [5.41, 5.74) is -0.840. The summed E-state index contributed by atoms with van der Waals surface area (Å²) in [5.74, 6) is 0.354. The van der Waals surface area contributed by atoms with Gasteiger partial charge < -0.3 is 14.7 Å². The van der Waals surface area contributed by atoms with Crippen LogP contribution in [-0.2, 0) is 16.4 Å². The zero-order chi connectivity index (χ0) is 23.8. The van der Waals surface area contributed by atoms with Gasteiger partial charge in [-0.1, -0.05) is 23.2 Å². The number of hydrogen-bond acceptors (Lipinski definition) is 4. The van der Waals surface area contributed by atoms with Crippen molar-refractivity contribution in [2.75, 3.05) is 50.1 Å². The van der Waals surface area contributed by atoms with Gasteiger partial charge in [0.1, 0.15) is 5.82 Å². The fraction of sp³-hybridized carbons (Fsp3) is 0.478. The highest BCUT2D eigenvalue weighted by Crippen LogP contribution is 2.36. The van der Waals surface area contributed by atoms with Crippen LogP contribution < -0.4 is 9.80 Å². The summed E-state index contributed by atoms with van der Waals surface area (Å²) in [6, 6.07) is 5.45. The Bertz CT molecular complexity index is 1000. The topological polar surface area (TPSA) is 39.7 Å². The number of amides is 1. The van der Waals surface area contributed by atoms with Crippen LogP contribution in [0.4, 0.5) is 24.7 Å². The Morgan fingerprint density at radius 1 is 1.06 bits per heavy atom. The van der Waals surface area contributed by atoms with E-state index < -0.39 is 17.2 Å². The van der Waals surface area contributed by atoms with Crippen molar-refractivity contribution in [3.63, 3.8) is 0 Å². The average Bonchev–Trinajstić information content (AvgIpc) is 2.72. The highest BCUT2D eigenvalue weighted by atomic mass is 35.5. The van der Waals surface area contributed by atoms with Crippen molar-refractivity contribution < 1.29 is 18.0 Å². The minimum Gasteiger partial charge on any atom is -0.354 e. The van der Waals surface area contributed by atoms with E-state index in [2.05, 4.69) is 21.8 Å². The lowest BCUT2D eigenvalue weighted by molar-refractivity contribution is -0.137. The third kappa shape index (κ3) is 5.02. The van der Waals surface area contributed by atoms with Crippen molar-refractivity contribution in [2.45, 2.75) is 32.4 Å². The number of benzene rings is 1. The van der Waals surface area contributed by atoms with E-state index in [9.17, 15) is 18.0 Å². The van der Waals surface area contributed by atoms with Gasteiger partial charge in [0, 0.05) is 39.3 Å². The molecule has 2 heterocycles. The van der Waals surface area contributed by atoms with E-state index in [4.69, 9.17) is 11.6 Å². The van der Waals surface area contributed by atoms with E-state index in [1.807, 2.05) is 0 Å². The third-order valence-electron chi connectivity index (χ3n) is 5.97. The second kappa shape index (κ2) is 8.90. The van der Waals surface area contributed by atoms with Crippen LogP contribution in [0.2, 0.25) is 5.02 Å². The molecule has 1 aromatic heterocycles. The maximum Gasteiger partial charge on any atom is 0.416 e. The fourth-order valence-electron chi connectivity index (χ4n) is 3.83. The number of likely N-dealkylation sites (N-methyl/N-ethyl adjacent to an activating group) is 2. The first-order valence-corrected chi connectivity index (χ1v) is 10.7. The van der Waals surface area contributed by atoms with Gasteiger partial charge in [-0.25, -0.2) is 4.98 Å². The van der Waals surface area contributed by atoms with Gasteiger partial charge in [0.2, 0.25) is 5.91 Å². The molecule has 0 aliphatic carbocycles. The number of anilines is 2. The Balaban J connectivity index is 1.87. The van der Waals surface area contributed by atoms with Crippen LogP contribution in [0.25, 0.3) is 0 Å². The maximum atomic E-state index is 13.4. The number of carbonyl (C=O) groups is 1. The van der Waals surface area contributed by atoms with Crippen LogP contribution in [0.15, 0.2) is 30.5 Å². The summed E-state index contributed by atoms with van der Waals surface area (Å²) in [4.78, 5) is 23.6. The molecule has 2 aromatic rings. The Labute approximate surface area is 191 Å². The van der Waals surface area contributed by atoms with Crippen molar-refractivity contribution >= 4 is 29.0 Å². The van der Waals surface area contributed by atoms with E-state index in [0.29, 0.717) is 21.8 Å². The third-order valence-corrected chi connectivity index (χ3v) is 6.28. The van der Waals surface area contributed by atoms with E-state index in [1.165, 1.54) is 4.90 Å². The molecule has 5 nitrogen and oxygen atoms in total. The molecule has 0 radical (unpaired) electrons. The highest BCUT2D eigenvalue weighted by Gasteiger charge is 2.37. The number of aromatic nitrogens is 1. The molecule has 0 spiro atoms. The van der Waals surface area contributed by atoms with Crippen molar-refractivity contribution in [3.05, 3.63) is 52.2 Å². The van der Waals surface area contributed by atoms with Gasteiger partial charge in [-0.15, -0.1) is 0 Å². The molecule has 174 valence electrons. The number of pyridine rings is 1. The largest absolute Gasteiger partial charge is 0.416 e. The van der Waals surface area contributed by atoms with Gasteiger partial charge in [-0.05, 0) is 45.5 Å². The Morgan fingerprint density at radius 2 is 1.66 bits per heavy atom. The molecule has 9 heteroatoms. The second-order valence-electron chi connectivity index (χ2n) is 8.86. The molecule has 0 saturated carbocycles. The van der Waals surface area contributed by atoms with Crippen LogP contribution in [0, 0.1) is 6.92 Å². The molecule has 0 unspecified atom stereocenters. The van der Waals surface area contributed by atoms with E-state index in [1.54, 1.807) is 46.1 Å². The molecule has 1 fully saturated rings. The van der Waals surface area contributed by atoms with Crippen molar-refractivity contribution in [1.29, 1.82) is 0 Å². The van der Waals surface area contributed by atoms with E-state index >= 15 is 0 Å². The van der Waals surface area contributed by atoms with Gasteiger partial charge in [0.15, 0.2) is 0 Å². The average molecular weight is 469 g/mol. The van der Waals surface area contributed by atoms with Crippen LogP contribution >= 0.6 is 11.6 Å². The standard InChI is InChI=1S/C23H28ClF3N4O/c1-15-10-16(12-17(11-15)23(25,26)27)22(2,3)21(32)30(5)19-14-28-20(13-18(19)24)31-8-6-29(4)7-9-31/h10-14H,6-9H2,1-5H3. The van der Waals surface area contributed by atoms with Crippen molar-refractivity contribution in [1.82, 2.24) is 9.88 Å². The van der Waals surface area contributed by atoms with Gasteiger partial charge in [-0.3, -0.25) is 4.79 Å². The molecular formula is C23H28ClF3N4O. The number of hydrogen-bond donors (Lipinski definition) is 0. The Kier molecular flexibility index (Phi) is 6.77. The number of nitrogens with zero attached hydrogens (tertiary/aromatic N) is 4. The molecular weight excluding hydrogens is 441 g/mol. The van der Waals surface area contributed by atoms with Crippen LogP contribution in [0.5, 0.6) is 0 Å². The Morgan fingerprint density at radius 3 is 2.22 bits per heavy atom. The fourth-order valence-corrected chi connectivity index (χ4v) is 4.10. The molecule has 0 N–H and O–H groups in total. The predicted molar refractivity (Wildman–Crippen MR) is 122 cm³/mol. The molecule has 1 aliphatic rings. The van der Waals surface area contributed by atoms with Crippen LogP contribution in [-0.4, -0.2) is 56.1 Å². The SMILES string of the molecule is Cc1cc(C(F)(F)F)cc(C(C)(C)C(=O)N(C)c2cnc(N3CCN(C)CC3)cc2Cl)c1. The minimum atomic E-state index is -4.49. The first-order valence-electron chi connectivity index (χ1n) is 10.4. The van der Waals surface area contributed by atoms with E-state index in [0.717, 1.165) is 44.1 Å². The number of piperazine rings is 1. The number of carbonyl (C=O) groups excluding carboxylic acids is 1. The molecule has 0 atom stereocenters. The van der Waals surface area contributed by atoms with Gasteiger partial charge in [0.05, 0.1) is 27.9 Å². The summed E-state index contributed by atoms with van der Waals surface area (Å²) in [5, 5.41) is 0.362. The maximum absolute atomic E-state index is 13.4. The summed E-state index contributed by atoms with van der Waals surface area (Å²) in [6.07, 6.45) is -2.94. The highest BCUT2D eigenvalue weighted by molar-refractivity contribution is 6.34. The monoisotopic (exact) mass is 468 g/mol. The molecule has 1 aliphatic heterocycles. The quantitative estimate of drug-likeness (QED) is 0.649. The minimum absolute atomic E-state index is 0.291. The number of aryl methyl sites for hydroxylation is 1. The van der Waals surface area contributed by atoms with Crippen molar-refractivity contribution in [3.8, 4) is 0 Å². The summed E-state index contributed by atoms with van der Waals surface area (Å²) in [7, 11) is 3.62. The van der Waals surface area contributed by atoms with Gasteiger partial charge >= 0.3 is 6.18 Å². The second-order valence-corrected chi connectivity index (χ2v) is 9.27. The molecule has 32 heavy (non-hydrogen) atoms. The summed E-state index contributed by atoms with van der Waals surface area (Å²) in [6.45, 7) is 8.31. The molecule has 1 amide bonds. The van der Waals surface area contributed by atoms with Crippen LogP contribution in [0.3, 0.4) is 0 Å². The molecule has 3 rings (SSSR count). The lowest BCUT2D eigenvalue weighted by Crippen LogP contribution is -2.45. The summed E-state index contributed by atoms with van der Waals surface area (Å²) < 4.78 is 39.9. The normalized spacial score (nSPS) is 15.7. The van der Waals surface area contributed by atoms with Gasteiger partial charge in [0.25, 0.3) is 0 Å². The van der Waals surface area contributed by atoms with E-state index in [-0.39, 0.29) is 5.91 Å². The zero-order valence-electron chi connectivity index (χ0n) is 18.9. The van der Waals surface area contributed by atoms with Crippen molar-refractivity contribution in [2.24, 2.45) is 0 Å². The zero-order valence-corrected chi connectivity index (χ0v) is 19.7. The van der Waals surface area contributed by atoms with Gasteiger partial charge in [-0.2, -0.15) is 13.2 Å². The number of rotatable bonds is 4. The smallest absolute Gasteiger partial charge is 0.354 e. The molecule has 1 aromatic carbocycles. The number of halogens is 4. The predicted octanol–water partition coefficient (Wildman–Crippen LogP) is 4.75. The number of alkyl halides is 3. The lowest BCUT2D eigenvalue weighted by Gasteiger charge is -2.34. The molecule has 1 saturated heterocycles.